The highest BCUT2D eigenvalue weighted by Crippen LogP contribution is 2.51. The Morgan fingerprint density at radius 2 is 1.07 bits per heavy atom. The van der Waals surface area contributed by atoms with E-state index in [1.54, 1.807) is 0 Å². The normalized spacial score (nSPS) is 12.0. The third kappa shape index (κ3) is 3.46. The molecule has 9 aromatic rings. The van der Waals surface area contributed by atoms with Gasteiger partial charge in [-0.05, 0) is 75.5 Å². The molecule has 0 spiro atoms. The summed E-state index contributed by atoms with van der Waals surface area (Å²) in [5.41, 5.74) is 12.8. The van der Waals surface area contributed by atoms with Crippen molar-refractivity contribution in [2.75, 3.05) is 0 Å². The lowest BCUT2D eigenvalue weighted by Crippen LogP contribution is -1.97. The molecule has 0 saturated heterocycles. The highest BCUT2D eigenvalue weighted by molar-refractivity contribution is 6.29. The fourth-order valence-electron chi connectivity index (χ4n) is 7.39. The molecule has 208 valence electrons. The highest BCUT2D eigenvalue weighted by Gasteiger charge is 2.25. The van der Waals surface area contributed by atoms with E-state index in [1.165, 1.54) is 54.8 Å². The van der Waals surface area contributed by atoms with Crippen molar-refractivity contribution in [2.24, 2.45) is 0 Å². The van der Waals surface area contributed by atoms with Crippen molar-refractivity contribution in [2.45, 2.75) is 0 Å². The molecule has 3 nitrogen and oxygen atoms in total. The molecule has 1 aliphatic rings. The van der Waals surface area contributed by atoms with Crippen LogP contribution in [0.1, 0.15) is 0 Å². The molecule has 7 aromatic carbocycles. The number of nitrogens with zero attached hydrogens (tertiary/aromatic N) is 3. The number of benzene rings is 7. The summed E-state index contributed by atoms with van der Waals surface area (Å²) in [5.74, 6) is 0.727. The first-order valence-electron chi connectivity index (χ1n) is 15.4. The quantitative estimate of drug-likeness (QED) is 0.211. The summed E-state index contributed by atoms with van der Waals surface area (Å²) in [6.45, 7) is 0. The van der Waals surface area contributed by atoms with Gasteiger partial charge in [0.05, 0.1) is 22.2 Å². The SMILES string of the molecule is c1ccc(-c2nc(-c3ccc(-n4c5ccccc5c5c6cccc7c6c(cc54)-c4ccccc4-7)cc3)nc3ccccc23)cc1. The molecule has 0 bridgehead atoms. The minimum Gasteiger partial charge on any atom is -0.309 e. The summed E-state index contributed by atoms with van der Waals surface area (Å²) in [6, 6.07) is 54.1. The monoisotopic (exact) mass is 571 g/mol. The van der Waals surface area contributed by atoms with E-state index >= 15 is 0 Å². The Kier molecular flexibility index (Phi) is 5.00. The van der Waals surface area contributed by atoms with Crippen molar-refractivity contribution < 1.29 is 0 Å². The molecule has 1 aliphatic carbocycles. The van der Waals surface area contributed by atoms with E-state index in [1.807, 2.05) is 18.2 Å². The predicted octanol–water partition coefficient (Wildman–Crippen LogP) is 10.9. The third-order valence-corrected chi connectivity index (χ3v) is 9.34. The van der Waals surface area contributed by atoms with Gasteiger partial charge in [0.1, 0.15) is 0 Å². The average molecular weight is 572 g/mol. The molecule has 3 heteroatoms. The molecule has 0 amide bonds. The molecule has 0 N–H and O–H groups in total. The lowest BCUT2D eigenvalue weighted by molar-refractivity contribution is 1.17. The van der Waals surface area contributed by atoms with Crippen LogP contribution in [0.3, 0.4) is 0 Å². The third-order valence-electron chi connectivity index (χ3n) is 9.34. The number of para-hydroxylation sites is 2. The molecule has 45 heavy (non-hydrogen) atoms. The summed E-state index contributed by atoms with van der Waals surface area (Å²) in [6.07, 6.45) is 0. The van der Waals surface area contributed by atoms with Crippen molar-refractivity contribution in [1.82, 2.24) is 14.5 Å². The Labute approximate surface area is 259 Å². The zero-order chi connectivity index (χ0) is 29.5. The van der Waals surface area contributed by atoms with Gasteiger partial charge in [-0.1, -0.05) is 109 Å². The first kappa shape index (κ1) is 24.4. The van der Waals surface area contributed by atoms with Gasteiger partial charge in [-0.25, -0.2) is 9.97 Å². The Morgan fingerprint density at radius 1 is 0.400 bits per heavy atom. The Hall–Kier alpha value is -6.06. The van der Waals surface area contributed by atoms with Gasteiger partial charge >= 0.3 is 0 Å². The van der Waals surface area contributed by atoms with Gasteiger partial charge in [-0.2, -0.15) is 0 Å². The van der Waals surface area contributed by atoms with Crippen molar-refractivity contribution in [1.29, 1.82) is 0 Å². The molecule has 2 heterocycles. The zero-order valence-electron chi connectivity index (χ0n) is 24.3. The van der Waals surface area contributed by atoms with Gasteiger partial charge in [0.2, 0.25) is 0 Å². The van der Waals surface area contributed by atoms with Gasteiger partial charge in [-0.15, -0.1) is 0 Å². The summed E-state index contributed by atoms with van der Waals surface area (Å²) in [4.78, 5) is 10.1. The number of fused-ring (bicyclic) bond motifs is 8. The molecule has 0 radical (unpaired) electrons. The lowest BCUT2D eigenvalue weighted by atomic mass is 9.98. The Bertz CT molecular complexity index is 2630. The predicted molar refractivity (Wildman–Crippen MR) is 187 cm³/mol. The maximum absolute atomic E-state index is 5.10. The van der Waals surface area contributed by atoms with Gasteiger partial charge in [0.25, 0.3) is 0 Å². The second-order valence-electron chi connectivity index (χ2n) is 11.8. The molecule has 0 aliphatic heterocycles. The topological polar surface area (TPSA) is 30.7 Å². The van der Waals surface area contributed by atoms with Crippen LogP contribution in [0, 0.1) is 0 Å². The second kappa shape index (κ2) is 9.22. The largest absolute Gasteiger partial charge is 0.309 e. The Balaban J connectivity index is 1.19. The summed E-state index contributed by atoms with van der Waals surface area (Å²) >= 11 is 0. The number of hydrogen-bond acceptors (Lipinski definition) is 2. The molecule has 0 atom stereocenters. The minimum absolute atomic E-state index is 0.727. The maximum atomic E-state index is 5.10. The van der Waals surface area contributed by atoms with E-state index in [9.17, 15) is 0 Å². The van der Waals surface area contributed by atoms with Crippen LogP contribution in [0.2, 0.25) is 0 Å². The molecular weight excluding hydrogens is 546 g/mol. The molecule has 0 saturated carbocycles. The van der Waals surface area contributed by atoms with Crippen LogP contribution in [-0.4, -0.2) is 14.5 Å². The smallest absolute Gasteiger partial charge is 0.160 e. The Morgan fingerprint density at radius 3 is 1.91 bits per heavy atom. The number of rotatable bonds is 3. The van der Waals surface area contributed by atoms with Crippen LogP contribution in [0.4, 0.5) is 0 Å². The average Bonchev–Trinajstić information content (AvgIpc) is 3.62. The van der Waals surface area contributed by atoms with Crippen LogP contribution < -0.4 is 0 Å². The van der Waals surface area contributed by atoms with Gasteiger partial charge < -0.3 is 4.57 Å². The van der Waals surface area contributed by atoms with E-state index in [0.29, 0.717) is 0 Å². The fraction of sp³-hybridized carbons (Fsp3) is 0. The zero-order valence-corrected chi connectivity index (χ0v) is 24.3. The lowest BCUT2D eigenvalue weighted by Gasteiger charge is -2.12. The summed E-state index contributed by atoms with van der Waals surface area (Å²) in [7, 11) is 0. The van der Waals surface area contributed by atoms with Crippen molar-refractivity contribution >= 4 is 43.5 Å². The first-order valence-corrected chi connectivity index (χ1v) is 15.4. The van der Waals surface area contributed by atoms with Crippen LogP contribution in [0.15, 0.2) is 152 Å². The number of aromatic nitrogens is 3. The van der Waals surface area contributed by atoms with Gasteiger partial charge in [0, 0.05) is 33.0 Å². The summed E-state index contributed by atoms with van der Waals surface area (Å²) < 4.78 is 2.41. The maximum Gasteiger partial charge on any atom is 0.160 e. The van der Waals surface area contributed by atoms with Crippen LogP contribution in [-0.2, 0) is 0 Å². The molecule has 0 fully saturated rings. The van der Waals surface area contributed by atoms with Crippen molar-refractivity contribution in [3.05, 3.63) is 152 Å². The van der Waals surface area contributed by atoms with E-state index in [2.05, 4.69) is 138 Å². The standard InChI is InChI=1S/C42H25N3/c1-2-11-26(12-3-1)41-32-15-6-8-19-36(32)43-42(44-41)27-21-23-28(24-22-27)45-37-20-9-7-16-33(37)40-34-18-10-17-31-29-13-4-5-14-30(29)35(39(31)34)25-38(40)45/h1-25H. The molecule has 0 unspecified atom stereocenters. The molecule has 10 rings (SSSR count). The second-order valence-corrected chi connectivity index (χ2v) is 11.8. The minimum atomic E-state index is 0.727. The van der Waals surface area contributed by atoms with Gasteiger partial charge in [-0.3, -0.25) is 0 Å². The first-order chi connectivity index (χ1) is 22.3. The highest BCUT2D eigenvalue weighted by atomic mass is 15.0. The van der Waals surface area contributed by atoms with Crippen LogP contribution in [0.5, 0.6) is 0 Å². The molecule has 2 aromatic heterocycles. The van der Waals surface area contributed by atoms with Crippen LogP contribution >= 0.6 is 0 Å². The number of hydrogen-bond donors (Lipinski definition) is 0. The van der Waals surface area contributed by atoms with E-state index < -0.39 is 0 Å². The molecular formula is C42H25N3. The van der Waals surface area contributed by atoms with E-state index in [-0.39, 0.29) is 0 Å². The van der Waals surface area contributed by atoms with Gasteiger partial charge in [0.15, 0.2) is 5.82 Å². The van der Waals surface area contributed by atoms with Crippen LogP contribution in [0.25, 0.3) is 94.1 Å². The van der Waals surface area contributed by atoms with Crippen molar-refractivity contribution in [3.63, 3.8) is 0 Å². The van der Waals surface area contributed by atoms with Crippen molar-refractivity contribution in [3.8, 4) is 50.6 Å². The van der Waals surface area contributed by atoms with E-state index in [4.69, 9.17) is 9.97 Å². The van der Waals surface area contributed by atoms with E-state index in [0.717, 1.165) is 39.2 Å². The fourth-order valence-corrected chi connectivity index (χ4v) is 7.39. The summed E-state index contributed by atoms with van der Waals surface area (Å²) in [5, 5.41) is 6.28.